The molecule has 1 heterocycles. The highest BCUT2D eigenvalue weighted by Crippen LogP contribution is 2.27. The number of aldehydes is 1. The summed E-state index contributed by atoms with van der Waals surface area (Å²) >= 11 is 0. The molecule has 0 aromatic heterocycles. The van der Waals surface area contributed by atoms with Gasteiger partial charge in [0.2, 0.25) is 0 Å². The van der Waals surface area contributed by atoms with E-state index in [9.17, 15) is 4.79 Å². The number of carbonyl (C=O) groups is 1. The van der Waals surface area contributed by atoms with Gasteiger partial charge in [-0.25, -0.2) is 0 Å². The molecule has 1 radical (unpaired) electrons. The van der Waals surface area contributed by atoms with Gasteiger partial charge in [0.15, 0.2) is 0 Å². The minimum Gasteiger partial charge on any atom is -0.426 e. The third-order valence-electron chi connectivity index (χ3n) is 2.34. The van der Waals surface area contributed by atoms with Crippen molar-refractivity contribution in [3.05, 3.63) is 29.3 Å². The molecule has 2 nitrogen and oxygen atoms in total. The van der Waals surface area contributed by atoms with E-state index in [2.05, 4.69) is 0 Å². The van der Waals surface area contributed by atoms with E-state index < -0.39 is 0 Å². The van der Waals surface area contributed by atoms with Gasteiger partial charge >= 0.3 is 7.48 Å². The highest BCUT2D eigenvalue weighted by Gasteiger charge is 2.31. The first-order valence-electron chi connectivity index (χ1n) is 4.24. The summed E-state index contributed by atoms with van der Waals surface area (Å²) in [5.74, 6) is 0. The second kappa shape index (κ2) is 2.71. The maximum Gasteiger partial charge on any atom is 0.331 e. The number of hydrogen-bond acceptors (Lipinski definition) is 2. The molecule has 1 aromatic carbocycles. The molecule has 1 aliphatic heterocycles. The summed E-state index contributed by atoms with van der Waals surface area (Å²) in [4.78, 5) is 10.5. The molecule has 0 spiro atoms. The summed E-state index contributed by atoms with van der Waals surface area (Å²) in [6.07, 6.45) is 0.847. The first-order chi connectivity index (χ1) is 6.13. The molecule has 0 saturated carbocycles. The van der Waals surface area contributed by atoms with E-state index in [1.54, 1.807) is 7.48 Å². The van der Waals surface area contributed by atoms with E-state index in [1.807, 2.05) is 32.0 Å². The number of carbonyl (C=O) groups excluding carboxylic acids is 1. The van der Waals surface area contributed by atoms with Crippen LogP contribution in [0.5, 0.6) is 0 Å². The number of fused-ring (bicyclic) bond motifs is 1. The molecule has 0 amide bonds. The van der Waals surface area contributed by atoms with E-state index in [0.29, 0.717) is 5.56 Å². The Hall–Kier alpha value is -1.09. The van der Waals surface area contributed by atoms with Crippen LogP contribution >= 0.6 is 0 Å². The van der Waals surface area contributed by atoms with Crippen LogP contribution in [0.2, 0.25) is 0 Å². The number of hydrogen-bond donors (Lipinski definition) is 0. The van der Waals surface area contributed by atoms with Gasteiger partial charge in [-0.05, 0) is 24.9 Å². The summed E-state index contributed by atoms with van der Waals surface area (Å²) in [6, 6.07) is 5.61. The van der Waals surface area contributed by atoms with Crippen LogP contribution in [0.3, 0.4) is 0 Å². The molecule has 0 bridgehead atoms. The van der Waals surface area contributed by atoms with Gasteiger partial charge in [-0.1, -0.05) is 18.2 Å². The maximum absolute atomic E-state index is 10.5. The zero-order valence-electron chi connectivity index (χ0n) is 7.70. The van der Waals surface area contributed by atoms with Gasteiger partial charge in [0, 0.05) is 5.56 Å². The molecule has 0 aliphatic carbocycles. The zero-order valence-corrected chi connectivity index (χ0v) is 7.70. The lowest BCUT2D eigenvalue weighted by molar-refractivity contribution is 0.112. The molecule has 0 saturated heterocycles. The summed E-state index contributed by atoms with van der Waals surface area (Å²) in [5, 5.41) is 0. The Labute approximate surface area is 78.2 Å². The number of rotatable bonds is 1. The van der Waals surface area contributed by atoms with Gasteiger partial charge in [0.25, 0.3) is 0 Å². The van der Waals surface area contributed by atoms with Crippen molar-refractivity contribution in [2.24, 2.45) is 0 Å². The SMILES string of the molecule is CC1(C)O[B]c2cc(C=O)ccc21. The van der Waals surface area contributed by atoms with Crippen molar-refractivity contribution < 1.29 is 9.45 Å². The van der Waals surface area contributed by atoms with Gasteiger partial charge in [0.1, 0.15) is 6.29 Å². The molecule has 1 aliphatic rings. The Morgan fingerprint density at radius 3 is 2.92 bits per heavy atom. The molecule has 2 rings (SSSR count). The van der Waals surface area contributed by atoms with E-state index in [-0.39, 0.29) is 5.60 Å². The predicted molar refractivity (Wildman–Crippen MR) is 51.3 cm³/mol. The zero-order chi connectivity index (χ0) is 9.47. The normalized spacial score (nSPS) is 17.7. The summed E-state index contributed by atoms with van der Waals surface area (Å²) in [6.45, 7) is 4.02. The molecular formula is C10H10BO2. The van der Waals surface area contributed by atoms with E-state index in [0.717, 1.165) is 17.3 Å². The standard InChI is InChI=1S/C10H10BO2/c1-10(2)8-4-3-7(6-12)5-9(8)11-13-10/h3-6H,1-2H3. The van der Waals surface area contributed by atoms with E-state index in [4.69, 9.17) is 4.65 Å². The van der Waals surface area contributed by atoms with Crippen molar-refractivity contribution >= 4 is 19.2 Å². The van der Waals surface area contributed by atoms with Crippen LogP contribution in [-0.2, 0) is 10.3 Å². The summed E-state index contributed by atoms with van der Waals surface area (Å²) in [5.41, 5.74) is 2.58. The van der Waals surface area contributed by atoms with Crippen molar-refractivity contribution in [3.8, 4) is 0 Å². The van der Waals surface area contributed by atoms with Crippen molar-refractivity contribution in [2.75, 3.05) is 0 Å². The van der Waals surface area contributed by atoms with Crippen LogP contribution in [0, 0.1) is 0 Å². The molecule has 0 unspecified atom stereocenters. The molecular weight excluding hydrogens is 163 g/mol. The highest BCUT2D eigenvalue weighted by molar-refractivity contribution is 6.49. The van der Waals surface area contributed by atoms with Crippen LogP contribution in [0.25, 0.3) is 0 Å². The second-order valence-electron chi connectivity index (χ2n) is 3.71. The topological polar surface area (TPSA) is 26.3 Å². The smallest absolute Gasteiger partial charge is 0.331 e. The van der Waals surface area contributed by atoms with Crippen molar-refractivity contribution in [3.63, 3.8) is 0 Å². The van der Waals surface area contributed by atoms with Gasteiger partial charge in [-0.2, -0.15) is 0 Å². The molecule has 0 atom stereocenters. The fraction of sp³-hybridized carbons (Fsp3) is 0.300. The molecule has 1 aromatic rings. The Morgan fingerprint density at radius 2 is 2.23 bits per heavy atom. The Kier molecular flexibility index (Phi) is 1.77. The van der Waals surface area contributed by atoms with Crippen molar-refractivity contribution in [2.45, 2.75) is 19.4 Å². The first kappa shape index (κ1) is 8.51. The van der Waals surface area contributed by atoms with Crippen molar-refractivity contribution in [1.82, 2.24) is 0 Å². The van der Waals surface area contributed by atoms with Crippen LogP contribution in [0.4, 0.5) is 0 Å². The lowest BCUT2D eigenvalue weighted by Crippen LogP contribution is -2.16. The highest BCUT2D eigenvalue weighted by atomic mass is 16.5. The average molecular weight is 173 g/mol. The third-order valence-corrected chi connectivity index (χ3v) is 2.34. The van der Waals surface area contributed by atoms with Gasteiger partial charge < -0.3 is 4.65 Å². The minimum absolute atomic E-state index is 0.253. The molecule has 3 heteroatoms. The van der Waals surface area contributed by atoms with Crippen LogP contribution in [0.1, 0.15) is 29.8 Å². The maximum atomic E-state index is 10.5. The second-order valence-corrected chi connectivity index (χ2v) is 3.71. The summed E-state index contributed by atoms with van der Waals surface area (Å²) < 4.78 is 5.47. The Bertz CT molecular complexity index is 358. The summed E-state index contributed by atoms with van der Waals surface area (Å²) in [7, 11) is 1.71. The average Bonchev–Trinajstić information content (AvgIpc) is 2.42. The lowest BCUT2D eigenvalue weighted by Gasteiger charge is -2.19. The van der Waals surface area contributed by atoms with Crippen LogP contribution in [-0.4, -0.2) is 13.8 Å². The van der Waals surface area contributed by atoms with Crippen molar-refractivity contribution in [1.29, 1.82) is 0 Å². The largest absolute Gasteiger partial charge is 0.426 e. The van der Waals surface area contributed by atoms with Gasteiger partial charge in [-0.3, -0.25) is 4.79 Å². The van der Waals surface area contributed by atoms with Crippen LogP contribution < -0.4 is 5.46 Å². The predicted octanol–water partition coefficient (Wildman–Crippen LogP) is 1.01. The number of benzene rings is 1. The Morgan fingerprint density at radius 1 is 1.46 bits per heavy atom. The third kappa shape index (κ3) is 1.29. The van der Waals surface area contributed by atoms with Gasteiger partial charge in [0.05, 0.1) is 5.60 Å². The van der Waals surface area contributed by atoms with Crippen LogP contribution in [0.15, 0.2) is 18.2 Å². The molecule has 13 heavy (non-hydrogen) atoms. The first-order valence-corrected chi connectivity index (χ1v) is 4.24. The molecule has 0 N–H and O–H groups in total. The molecule has 65 valence electrons. The quantitative estimate of drug-likeness (QED) is 0.467. The minimum atomic E-state index is -0.253. The lowest BCUT2D eigenvalue weighted by atomic mass is 9.83. The van der Waals surface area contributed by atoms with E-state index in [1.165, 1.54) is 0 Å². The van der Waals surface area contributed by atoms with Gasteiger partial charge in [-0.15, -0.1) is 0 Å². The fourth-order valence-electron chi connectivity index (χ4n) is 1.57. The fourth-order valence-corrected chi connectivity index (χ4v) is 1.57. The van der Waals surface area contributed by atoms with E-state index >= 15 is 0 Å². The monoisotopic (exact) mass is 173 g/mol. The molecule has 0 fully saturated rings. The Balaban J connectivity index is 2.52.